The molecule has 0 atom stereocenters. The highest BCUT2D eigenvalue weighted by molar-refractivity contribution is 8.02. The topological polar surface area (TPSA) is 68.3 Å². The molecule has 0 aliphatic carbocycles. The minimum Gasteiger partial charge on any atom is -0.224 e. The Kier molecular flexibility index (Phi) is 3.60. The van der Waals surface area contributed by atoms with Crippen molar-refractivity contribution in [3.63, 3.8) is 0 Å². The third kappa shape index (κ3) is 2.42. The number of hydrogen-bond acceptors (Lipinski definition) is 4. The number of allylic oxidation sites excluding steroid dienone is 2. The zero-order valence-corrected chi connectivity index (χ0v) is 10.6. The second kappa shape index (κ2) is 4.25. The van der Waals surface area contributed by atoms with Crippen LogP contribution in [0.25, 0.3) is 0 Å². The molecular formula is C9H16O4S2. The molecule has 4 nitrogen and oxygen atoms in total. The SMILES string of the molecule is CCCC1=C(CC)S(=O)(=O)CCS1(=O)=O. The molecule has 0 aromatic heterocycles. The van der Waals surface area contributed by atoms with Crippen molar-refractivity contribution in [1.82, 2.24) is 0 Å². The zero-order valence-electron chi connectivity index (χ0n) is 8.99. The van der Waals surface area contributed by atoms with Crippen molar-refractivity contribution in [2.75, 3.05) is 11.5 Å². The van der Waals surface area contributed by atoms with E-state index in [1.54, 1.807) is 6.92 Å². The Hall–Kier alpha value is -0.360. The van der Waals surface area contributed by atoms with Crippen molar-refractivity contribution in [3.05, 3.63) is 9.81 Å². The van der Waals surface area contributed by atoms with Gasteiger partial charge in [0.15, 0.2) is 19.7 Å². The summed E-state index contributed by atoms with van der Waals surface area (Å²) in [6, 6.07) is 0. The third-order valence-electron chi connectivity index (χ3n) is 2.48. The lowest BCUT2D eigenvalue weighted by molar-refractivity contribution is 0.586. The van der Waals surface area contributed by atoms with Crippen molar-refractivity contribution >= 4 is 19.7 Å². The van der Waals surface area contributed by atoms with Gasteiger partial charge < -0.3 is 0 Å². The summed E-state index contributed by atoms with van der Waals surface area (Å²) in [5.41, 5.74) is 0. The van der Waals surface area contributed by atoms with Crippen molar-refractivity contribution < 1.29 is 16.8 Å². The Labute approximate surface area is 91.2 Å². The van der Waals surface area contributed by atoms with E-state index < -0.39 is 19.7 Å². The molecular weight excluding hydrogens is 236 g/mol. The van der Waals surface area contributed by atoms with Gasteiger partial charge in [-0.15, -0.1) is 0 Å². The van der Waals surface area contributed by atoms with E-state index in [0.29, 0.717) is 12.8 Å². The Morgan fingerprint density at radius 2 is 1.40 bits per heavy atom. The largest absolute Gasteiger partial charge is 0.224 e. The summed E-state index contributed by atoms with van der Waals surface area (Å²) in [4.78, 5) is 0.286. The van der Waals surface area contributed by atoms with Gasteiger partial charge in [-0.25, -0.2) is 16.8 Å². The molecule has 0 radical (unpaired) electrons. The van der Waals surface area contributed by atoms with Crippen molar-refractivity contribution in [1.29, 1.82) is 0 Å². The van der Waals surface area contributed by atoms with Crippen LogP contribution in [0.3, 0.4) is 0 Å². The highest BCUT2D eigenvalue weighted by Crippen LogP contribution is 2.30. The van der Waals surface area contributed by atoms with E-state index in [4.69, 9.17) is 0 Å². The Balaban J connectivity index is 3.44. The van der Waals surface area contributed by atoms with Gasteiger partial charge in [-0.3, -0.25) is 0 Å². The molecule has 6 heteroatoms. The van der Waals surface area contributed by atoms with Gasteiger partial charge >= 0.3 is 0 Å². The van der Waals surface area contributed by atoms with Crippen molar-refractivity contribution in [2.24, 2.45) is 0 Å². The lowest BCUT2D eigenvalue weighted by Crippen LogP contribution is -2.27. The molecule has 0 spiro atoms. The lowest BCUT2D eigenvalue weighted by Gasteiger charge is -2.19. The van der Waals surface area contributed by atoms with E-state index in [1.165, 1.54) is 0 Å². The summed E-state index contributed by atoms with van der Waals surface area (Å²) < 4.78 is 46.7. The molecule has 0 saturated carbocycles. The summed E-state index contributed by atoms with van der Waals surface area (Å²) in [5, 5.41) is 0. The van der Waals surface area contributed by atoms with Gasteiger partial charge in [0.1, 0.15) is 0 Å². The molecule has 1 rings (SSSR count). The molecule has 0 bridgehead atoms. The first-order valence-electron chi connectivity index (χ1n) is 5.02. The van der Waals surface area contributed by atoms with E-state index >= 15 is 0 Å². The average Bonchev–Trinajstić information content (AvgIpc) is 2.13. The quantitative estimate of drug-likeness (QED) is 0.758. The van der Waals surface area contributed by atoms with Crippen LogP contribution in [0.2, 0.25) is 0 Å². The van der Waals surface area contributed by atoms with Crippen molar-refractivity contribution in [3.8, 4) is 0 Å². The number of sulfone groups is 2. The minimum absolute atomic E-state index is 0.135. The predicted octanol–water partition coefficient (Wildman–Crippen LogP) is 1.25. The molecule has 0 aromatic rings. The van der Waals surface area contributed by atoms with E-state index in [-0.39, 0.29) is 27.7 Å². The predicted molar refractivity (Wildman–Crippen MR) is 59.8 cm³/mol. The first kappa shape index (κ1) is 12.7. The Morgan fingerprint density at radius 1 is 0.933 bits per heavy atom. The molecule has 15 heavy (non-hydrogen) atoms. The van der Waals surface area contributed by atoms with Gasteiger partial charge in [0.2, 0.25) is 0 Å². The normalized spacial score (nSPS) is 24.1. The van der Waals surface area contributed by atoms with Gasteiger partial charge in [-0.2, -0.15) is 0 Å². The van der Waals surface area contributed by atoms with Crippen LogP contribution in [0.5, 0.6) is 0 Å². The Morgan fingerprint density at radius 3 is 1.80 bits per heavy atom. The van der Waals surface area contributed by atoms with Crippen LogP contribution in [0, 0.1) is 0 Å². The van der Waals surface area contributed by atoms with Gasteiger partial charge in [0, 0.05) is 0 Å². The second-order valence-electron chi connectivity index (χ2n) is 3.59. The van der Waals surface area contributed by atoms with Crippen LogP contribution >= 0.6 is 0 Å². The standard InChI is InChI=1S/C9H16O4S2/c1-3-5-9-8(4-2)14(10,11)6-7-15(9,12)13/h3-7H2,1-2H3. The number of rotatable bonds is 3. The van der Waals surface area contributed by atoms with Crippen LogP contribution < -0.4 is 0 Å². The molecule has 0 N–H and O–H groups in total. The Bertz CT molecular complexity index is 468. The maximum Gasteiger partial charge on any atom is 0.176 e. The van der Waals surface area contributed by atoms with Gasteiger partial charge in [0.25, 0.3) is 0 Å². The fourth-order valence-electron chi connectivity index (χ4n) is 1.75. The first-order chi connectivity index (χ1) is 6.85. The van der Waals surface area contributed by atoms with Gasteiger partial charge in [-0.05, 0) is 12.8 Å². The average molecular weight is 252 g/mol. The fourth-order valence-corrected chi connectivity index (χ4v) is 6.66. The first-order valence-corrected chi connectivity index (χ1v) is 8.33. The fraction of sp³-hybridized carbons (Fsp3) is 0.778. The smallest absolute Gasteiger partial charge is 0.176 e. The van der Waals surface area contributed by atoms with Crippen LogP contribution in [0.1, 0.15) is 33.1 Å². The van der Waals surface area contributed by atoms with Gasteiger partial charge in [-0.1, -0.05) is 20.3 Å². The highest BCUT2D eigenvalue weighted by Gasteiger charge is 2.34. The molecule has 1 aliphatic rings. The van der Waals surface area contributed by atoms with E-state index in [9.17, 15) is 16.8 Å². The maximum atomic E-state index is 11.7. The van der Waals surface area contributed by atoms with E-state index in [2.05, 4.69) is 0 Å². The summed E-state index contributed by atoms with van der Waals surface area (Å²) in [7, 11) is -6.63. The molecule has 0 unspecified atom stereocenters. The van der Waals surface area contributed by atoms with Crippen LogP contribution in [-0.4, -0.2) is 28.3 Å². The zero-order chi connectivity index (χ0) is 11.7. The molecule has 0 aromatic carbocycles. The summed E-state index contributed by atoms with van der Waals surface area (Å²) in [5.74, 6) is -0.514. The van der Waals surface area contributed by atoms with E-state index in [0.717, 1.165) is 0 Å². The molecule has 88 valence electrons. The maximum absolute atomic E-state index is 11.7. The molecule has 0 fully saturated rings. The van der Waals surface area contributed by atoms with E-state index in [1.807, 2.05) is 6.92 Å². The summed E-state index contributed by atoms with van der Waals surface area (Å²) >= 11 is 0. The highest BCUT2D eigenvalue weighted by atomic mass is 32.2. The summed E-state index contributed by atoms with van der Waals surface area (Å²) in [6.45, 7) is 3.53. The van der Waals surface area contributed by atoms with Gasteiger partial charge in [0.05, 0.1) is 21.3 Å². The van der Waals surface area contributed by atoms with Crippen molar-refractivity contribution in [2.45, 2.75) is 33.1 Å². The third-order valence-corrected chi connectivity index (χ3v) is 6.84. The second-order valence-corrected chi connectivity index (χ2v) is 7.85. The van der Waals surface area contributed by atoms with Crippen LogP contribution in [0.15, 0.2) is 9.81 Å². The lowest BCUT2D eigenvalue weighted by atomic mass is 10.3. The molecule has 0 saturated heterocycles. The monoisotopic (exact) mass is 252 g/mol. The van der Waals surface area contributed by atoms with Crippen LogP contribution in [0.4, 0.5) is 0 Å². The molecule has 0 amide bonds. The number of hydrogen-bond donors (Lipinski definition) is 0. The molecule has 1 aliphatic heterocycles. The minimum atomic E-state index is -3.32. The summed E-state index contributed by atoms with van der Waals surface area (Å²) in [6.07, 6.45) is 1.26. The van der Waals surface area contributed by atoms with Crippen LogP contribution in [-0.2, 0) is 19.7 Å². The molecule has 1 heterocycles.